The molecule has 0 radical (unpaired) electrons. The van der Waals surface area contributed by atoms with Gasteiger partial charge in [0.05, 0.1) is 4.90 Å². The lowest BCUT2D eigenvalue weighted by Gasteiger charge is -2.08. The van der Waals surface area contributed by atoms with Gasteiger partial charge in [0.2, 0.25) is 9.84 Å². The summed E-state index contributed by atoms with van der Waals surface area (Å²) in [6.45, 7) is 2.05. The van der Waals surface area contributed by atoms with E-state index in [2.05, 4.69) is 12.1 Å². The zero-order valence-electron chi connectivity index (χ0n) is 13.3. The molecular formula is C20H18O3S. The lowest BCUT2D eigenvalue weighted by molar-refractivity contribution is 0.459. The Balaban J connectivity index is 1.88. The fourth-order valence-electron chi connectivity index (χ4n) is 2.66. The van der Waals surface area contributed by atoms with Gasteiger partial charge in [-0.2, -0.15) is 0 Å². The minimum absolute atomic E-state index is 0.0727. The lowest BCUT2D eigenvalue weighted by Crippen LogP contribution is -2.02. The summed E-state index contributed by atoms with van der Waals surface area (Å²) in [6, 6.07) is 21.0. The Bertz CT molecular complexity index is 958. The number of phenols is 1. The minimum atomic E-state index is -3.72. The molecule has 0 aliphatic rings. The van der Waals surface area contributed by atoms with Gasteiger partial charge < -0.3 is 5.11 Å². The van der Waals surface area contributed by atoms with Crippen molar-refractivity contribution in [1.29, 1.82) is 0 Å². The molecule has 0 saturated carbocycles. The van der Waals surface area contributed by atoms with Gasteiger partial charge in [-0.25, -0.2) is 8.42 Å². The van der Waals surface area contributed by atoms with Gasteiger partial charge in [-0.1, -0.05) is 54.1 Å². The summed E-state index contributed by atoms with van der Waals surface area (Å²) in [7, 11) is -3.72. The number of rotatable bonds is 4. The van der Waals surface area contributed by atoms with E-state index in [-0.39, 0.29) is 15.5 Å². The molecule has 0 atom stereocenters. The van der Waals surface area contributed by atoms with Crippen LogP contribution in [0.3, 0.4) is 0 Å². The Morgan fingerprint density at radius 2 is 1.54 bits per heavy atom. The number of aryl methyl sites for hydroxylation is 1. The smallest absolute Gasteiger partial charge is 0.210 e. The summed E-state index contributed by atoms with van der Waals surface area (Å²) in [5.74, 6) is -0.235. The van der Waals surface area contributed by atoms with Crippen molar-refractivity contribution in [3.8, 4) is 5.75 Å². The van der Waals surface area contributed by atoms with Gasteiger partial charge in [0.25, 0.3) is 0 Å². The fraction of sp³-hybridized carbons (Fsp3) is 0.100. The molecule has 0 heterocycles. The second kappa shape index (κ2) is 6.49. The summed E-state index contributed by atoms with van der Waals surface area (Å²) in [6.07, 6.45) is 0.749. The SMILES string of the molecule is Cc1cccc(Cc2ccc(S(=O)(=O)c3ccccc3O)cc2)c1. The molecule has 0 saturated heterocycles. The Hall–Kier alpha value is -2.59. The highest BCUT2D eigenvalue weighted by Gasteiger charge is 2.20. The van der Waals surface area contributed by atoms with Gasteiger partial charge in [-0.3, -0.25) is 0 Å². The molecule has 0 aliphatic heterocycles. The van der Waals surface area contributed by atoms with Crippen LogP contribution >= 0.6 is 0 Å². The van der Waals surface area contributed by atoms with Crippen molar-refractivity contribution in [2.75, 3.05) is 0 Å². The fourth-order valence-corrected chi connectivity index (χ4v) is 4.01. The van der Waals surface area contributed by atoms with Crippen molar-refractivity contribution < 1.29 is 13.5 Å². The molecule has 0 aromatic heterocycles. The molecule has 0 fully saturated rings. The molecule has 4 heteroatoms. The second-order valence-electron chi connectivity index (χ2n) is 5.78. The van der Waals surface area contributed by atoms with Gasteiger partial charge in [0.15, 0.2) is 0 Å². The third-order valence-electron chi connectivity index (χ3n) is 3.88. The van der Waals surface area contributed by atoms with E-state index in [4.69, 9.17) is 0 Å². The maximum Gasteiger partial charge on any atom is 0.210 e. The van der Waals surface area contributed by atoms with Gasteiger partial charge in [0, 0.05) is 0 Å². The van der Waals surface area contributed by atoms with Crippen LogP contribution in [0, 0.1) is 6.92 Å². The predicted octanol–water partition coefficient (Wildman–Crippen LogP) is 4.12. The average Bonchev–Trinajstić information content (AvgIpc) is 2.55. The van der Waals surface area contributed by atoms with Crippen LogP contribution in [0.15, 0.2) is 82.6 Å². The Labute approximate surface area is 142 Å². The highest BCUT2D eigenvalue weighted by molar-refractivity contribution is 7.91. The maximum absolute atomic E-state index is 12.6. The van der Waals surface area contributed by atoms with E-state index < -0.39 is 9.84 Å². The molecule has 3 aromatic rings. The highest BCUT2D eigenvalue weighted by atomic mass is 32.2. The van der Waals surface area contributed by atoms with E-state index in [1.54, 1.807) is 24.3 Å². The van der Waals surface area contributed by atoms with Crippen LogP contribution in [0.4, 0.5) is 0 Å². The van der Waals surface area contributed by atoms with E-state index in [0.717, 1.165) is 12.0 Å². The summed E-state index contributed by atoms with van der Waals surface area (Å²) >= 11 is 0. The van der Waals surface area contributed by atoms with Crippen LogP contribution in [0.25, 0.3) is 0 Å². The van der Waals surface area contributed by atoms with Crippen molar-refractivity contribution in [2.45, 2.75) is 23.1 Å². The minimum Gasteiger partial charge on any atom is -0.507 e. The van der Waals surface area contributed by atoms with E-state index in [1.165, 1.54) is 23.3 Å². The van der Waals surface area contributed by atoms with E-state index in [9.17, 15) is 13.5 Å². The van der Waals surface area contributed by atoms with Crippen LogP contribution in [0.2, 0.25) is 0 Å². The van der Waals surface area contributed by atoms with Gasteiger partial charge in [0.1, 0.15) is 10.6 Å². The van der Waals surface area contributed by atoms with Gasteiger partial charge in [-0.05, 0) is 48.7 Å². The number of hydrogen-bond acceptors (Lipinski definition) is 3. The first kappa shape index (κ1) is 16.3. The molecule has 0 spiro atoms. The summed E-state index contributed by atoms with van der Waals surface area (Å²) in [5, 5.41) is 9.80. The monoisotopic (exact) mass is 338 g/mol. The standard InChI is InChI=1S/C20H18O3S/c1-15-5-4-6-17(13-15)14-16-9-11-18(12-10-16)24(22,23)20-8-3-2-7-19(20)21/h2-13,21H,14H2,1H3. The molecule has 0 aliphatic carbocycles. The molecule has 3 rings (SSSR count). The number of sulfone groups is 1. The molecule has 0 bridgehead atoms. The lowest BCUT2D eigenvalue weighted by atomic mass is 10.0. The van der Waals surface area contributed by atoms with E-state index in [1.807, 2.05) is 31.2 Å². The van der Waals surface area contributed by atoms with Crippen molar-refractivity contribution in [3.05, 3.63) is 89.5 Å². The van der Waals surface area contributed by atoms with Crippen LogP contribution in [-0.2, 0) is 16.3 Å². The predicted molar refractivity (Wildman–Crippen MR) is 94.0 cm³/mol. The number of para-hydroxylation sites is 1. The van der Waals surface area contributed by atoms with Crippen LogP contribution < -0.4 is 0 Å². The van der Waals surface area contributed by atoms with Crippen molar-refractivity contribution in [2.24, 2.45) is 0 Å². The first-order valence-corrected chi connectivity index (χ1v) is 9.13. The number of hydrogen-bond donors (Lipinski definition) is 1. The Kier molecular flexibility index (Phi) is 4.40. The summed E-state index contributed by atoms with van der Waals surface area (Å²) in [5.41, 5.74) is 3.43. The highest BCUT2D eigenvalue weighted by Crippen LogP contribution is 2.28. The topological polar surface area (TPSA) is 54.4 Å². The van der Waals surface area contributed by atoms with Crippen LogP contribution in [0.1, 0.15) is 16.7 Å². The molecule has 24 heavy (non-hydrogen) atoms. The average molecular weight is 338 g/mol. The zero-order valence-corrected chi connectivity index (χ0v) is 14.1. The van der Waals surface area contributed by atoms with Crippen molar-refractivity contribution >= 4 is 9.84 Å². The molecule has 3 aromatic carbocycles. The van der Waals surface area contributed by atoms with E-state index >= 15 is 0 Å². The third kappa shape index (κ3) is 3.34. The van der Waals surface area contributed by atoms with Crippen molar-refractivity contribution in [3.63, 3.8) is 0 Å². The first-order valence-electron chi connectivity index (χ1n) is 7.64. The van der Waals surface area contributed by atoms with Crippen LogP contribution in [0.5, 0.6) is 5.75 Å². The molecule has 0 amide bonds. The number of benzene rings is 3. The van der Waals surface area contributed by atoms with Crippen LogP contribution in [-0.4, -0.2) is 13.5 Å². The summed E-state index contributed by atoms with van der Waals surface area (Å²) in [4.78, 5) is 0.105. The van der Waals surface area contributed by atoms with E-state index in [0.29, 0.717) is 0 Å². The molecule has 1 N–H and O–H groups in total. The molecule has 122 valence electrons. The molecule has 0 unspecified atom stereocenters. The first-order chi connectivity index (χ1) is 11.5. The third-order valence-corrected chi connectivity index (χ3v) is 5.70. The number of phenolic OH excluding ortho intramolecular Hbond substituents is 1. The quantitative estimate of drug-likeness (QED) is 0.778. The van der Waals surface area contributed by atoms with Gasteiger partial charge in [-0.15, -0.1) is 0 Å². The maximum atomic E-state index is 12.6. The van der Waals surface area contributed by atoms with Gasteiger partial charge >= 0.3 is 0 Å². The number of aromatic hydroxyl groups is 1. The zero-order chi connectivity index (χ0) is 17.2. The largest absolute Gasteiger partial charge is 0.507 e. The molecular weight excluding hydrogens is 320 g/mol. The second-order valence-corrected chi connectivity index (χ2v) is 7.70. The summed E-state index contributed by atoms with van der Waals surface area (Å²) < 4.78 is 25.2. The Morgan fingerprint density at radius 3 is 2.21 bits per heavy atom. The molecule has 3 nitrogen and oxygen atoms in total. The Morgan fingerprint density at radius 1 is 0.833 bits per heavy atom. The van der Waals surface area contributed by atoms with Crippen molar-refractivity contribution in [1.82, 2.24) is 0 Å². The normalized spacial score (nSPS) is 11.4.